The van der Waals surface area contributed by atoms with Crippen LogP contribution in [0.15, 0.2) is 0 Å². The summed E-state index contributed by atoms with van der Waals surface area (Å²) in [5.74, 6) is 2.20. The van der Waals surface area contributed by atoms with Crippen LogP contribution >= 0.6 is 0 Å². The highest BCUT2D eigenvalue weighted by Gasteiger charge is 2.65. The van der Waals surface area contributed by atoms with E-state index in [1.165, 1.54) is 19.5 Å². The van der Waals surface area contributed by atoms with Gasteiger partial charge in [-0.05, 0) is 50.4 Å². The average Bonchev–Trinajstić information content (AvgIpc) is 2.70. The molecule has 3 atom stereocenters. The lowest BCUT2D eigenvalue weighted by Gasteiger charge is -2.47. The Kier molecular flexibility index (Phi) is 1.27. The molecule has 1 heteroatoms. The zero-order chi connectivity index (χ0) is 8.34. The summed E-state index contributed by atoms with van der Waals surface area (Å²) in [4.78, 5) is 2.69. The van der Waals surface area contributed by atoms with Crippen molar-refractivity contribution in [2.45, 2.75) is 39.2 Å². The summed E-state index contributed by atoms with van der Waals surface area (Å²) in [6.45, 7) is 7.50. The molecule has 1 spiro atoms. The second-order valence-corrected chi connectivity index (χ2v) is 5.42. The fourth-order valence-corrected chi connectivity index (χ4v) is 3.51. The van der Waals surface area contributed by atoms with E-state index in [1.807, 2.05) is 0 Å². The molecule has 1 nitrogen and oxygen atoms in total. The van der Waals surface area contributed by atoms with E-state index in [-0.39, 0.29) is 0 Å². The highest BCUT2D eigenvalue weighted by Crippen LogP contribution is 2.70. The molecule has 68 valence electrons. The van der Waals surface area contributed by atoms with Crippen molar-refractivity contribution in [2.75, 3.05) is 13.1 Å². The lowest BCUT2D eigenvalue weighted by Crippen LogP contribution is -2.49. The van der Waals surface area contributed by atoms with E-state index < -0.39 is 0 Å². The molecule has 2 saturated carbocycles. The summed E-state index contributed by atoms with van der Waals surface area (Å²) in [6.07, 6.45) is 4.66. The molecule has 3 unspecified atom stereocenters. The molecule has 3 rings (SSSR count). The van der Waals surface area contributed by atoms with Gasteiger partial charge in [-0.15, -0.1) is 0 Å². The molecule has 0 aromatic carbocycles. The van der Waals surface area contributed by atoms with E-state index in [4.69, 9.17) is 0 Å². The number of hydrogen-bond donors (Lipinski definition) is 0. The second kappa shape index (κ2) is 2.06. The molecule has 1 saturated heterocycles. The minimum Gasteiger partial charge on any atom is -0.300 e. The predicted octanol–water partition coefficient (Wildman–Crippen LogP) is 2.13. The maximum absolute atomic E-state index is 2.69. The van der Waals surface area contributed by atoms with Gasteiger partial charge in [-0.3, -0.25) is 0 Å². The highest BCUT2D eigenvalue weighted by molar-refractivity contribution is 5.16. The number of rotatable bonds is 1. The van der Waals surface area contributed by atoms with Crippen LogP contribution in [0.5, 0.6) is 0 Å². The largest absolute Gasteiger partial charge is 0.300 e. The third kappa shape index (κ3) is 0.736. The fraction of sp³-hybridized carbons (Fsp3) is 1.00. The highest BCUT2D eigenvalue weighted by atomic mass is 15.2. The van der Waals surface area contributed by atoms with E-state index in [2.05, 4.69) is 18.7 Å². The van der Waals surface area contributed by atoms with Gasteiger partial charge in [0, 0.05) is 19.1 Å². The molecule has 0 bridgehead atoms. The van der Waals surface area contributed by atoms with Gasteiger partial charge in [0.15, 0.2) is 0 Å². The number of hydrogen-bond acceptors (Lipinski definition) is 1. The quantitative estimate of drug-likeness (QED) is 0.575. The summed E-state index contributed by atoms with van der Waals surface area (Å²) in [5, 5.41) is 0. The van der Waals surface area contributed by atoms with Crippen LogP contribution < -0.4 is 0 Å². The van der Waals surface area contributed by atoms with Crippen LogP contribution in [0.25, 0.3) is 0 Å². The maximum atomic E-state index is 2.69. The molecule has 0 radical (unpaired) electrons. The van der Waals surface area contributed by atoms with Crippen molar-refractivity contribution >= 4 is 0 Å². The fourth-order valence-electron chi connectivity index (χ4n) is 3.51. The van der Waals surface area contributed by atoms with Gasteiger partial charge in [-0.1, -0.05) is 0 Å². The van der Waals surface area contributed by atoms with Crippen molar-refractivity contribution in [3.63, 3.8) is 0 Å². The van der Waals surface area contributed by atoms with Gasteiger partial charge in [-0.2, -0.15) is 0 Å². The van der Waals surface area contributed by atoms with Crippen LogP contribution in [0.2, 0.25) is 0 Å². The Balaban J connectivity index is 1.74. The molecule has 0 aromatic heterocycles. The van der Waals surface area contributed by atoms with Crippen molar-refractivity contribution < 1.29 is 0 Å². The molecule has 1 heterocycles. The van der Waals surface area contributed by atoms with Gasteiger partial charge in [0.2, 0.25) is 0 Å². The van der Waals surface area contributed by atoms with Crippen LogP contribution in [-0.4, -0.2) is 24.0 Å². The molecule has 0 aromatic rings. The first-order valence-corrected chi connectivity index (χ1v) is 5.46. The summed E-state index contributed by atoms with van der Waals surface area (Å²) >= 11 is 0. The first-order valence-electron chi connectivity index (χ1n) is 5.46. The smallest absolute Gasteiger partial charge is 0.00388 e. The number of likely N-dealkylation sites (tertiary alicyclic amines) is 1. The summed E-state index contributed by atoms with van der Waals surface area (Å²) in [5.41, 5.74) is 0.908. The maximum Gasteiger partial charge on any atom is 0.00388 e. The SMILES string of the molecule is CC(C)N1CC2CCC23CC3C1. The Labute approximate surface area is 75.1 Å². The zero-order valence-electron chi connectivity index (χ0n) is 8.21. The molecule has 2 aliphatic carbocycles. The molecule has 0 N–H and O–H groups in total. The lowest BCUT2D eigenvalue weighted by molar-refractivity contribution is 0.0169. The Morgan fingerprint density at radius 2 is 2.00 bits per heavy atom. The Bertz CT molecular complexity index is 211. The zero-order valence-corrected chi connectivity index (χ0v) is 8.21. The topological polar surface area (TPSA) is 3.24 Å². The molecular weight excluding hydrogens is 146 g/mol. The van der Waals surface area contributed by atoms with Gasteiger partial charge >= 0.3 is 0 Å². The van der Waals surface area contributed by atoms with Crippen molar-refractivity contribution in [1.82, 2.24) is 4.90 Å². The minimum absolute atomic E-state index is 0.782. The number of piperidine rings is 1. The Hall–Kier alpha value is -0.0400. The third-order valence-electron chi connectivity index (χ3n) is 4.69. The summed E-state index contributed by atoms with van der Waals surface area (Å²) in [6, 6.07) is 0.782. The van der Waals surface area contributed by atoms with Crippen LogP contribution in [0.4, 0.5) is 0 Å². The first kappa shape index (κ1) is 7.37. The lowest BCUT2D eigenvalue weighted by atomic mass is 9.67. The first-order chi connectivity index (χ1) is 5.72. The molecule has 3 aliphatic rings. The standard InChI is InChI=1S/C11H19N/c1-8(2)12-6-9-3-4-11(9)5-10(11)7-12/h8-10H,3-7H2,1-2H3. The Morgan fingerprint density at radius 3 is 2.50 bits per heavy atom. The minimum atomic E-state index is 0.782. The van der Waals surface area contributed by atoms with Crippen molar-refractivity contribution in [3.8, 4) is 0 Å². The molecule has 1 aliphatic heterocycles. The Morgan fingerprint density at radius 1 is 1.25 bits per heavy atom. The van der Waals surface area contributed by atoms with Gasteiger partial charge in [0.25, 0.3) is 0 Å². The third-order valence-corrected chi connectivity index (χ3v) is 4.69. The van der Waals surface area contributed by atoms with Crippen LogP contribution in [0.3, 0.4) is 0 Å². The van der Waals surface area contributed by atoms with Crippen molar-refractivity contribution in [1.29, 1.82) is 0 Å². The van der Waals surface area contributed by atoms with E-state index in [9.17, 15) is 0 Å². The monoisotopic (exact) mass is 165 g/mol. The molecular formula is C11H19N. The van der Waals surface area contributed by atoms with Gasteiger partial charge in [0.05, 0.1) is 0 Å². The van der Waals surface area contributed by atoms with Crippen LogP contribution in [0.1, 0.15) is 33.1 Å². The van der Waals surface area contributed by atoms with Crippen molar-refractivity contribution in [2.24, 2.45) is 17.3 Å². The van der Waals surface area contributed by atoms with Crippen LogP contribution in [-0.2, 0) is 0 Å². The molecule has 3 fully saturated rings. The average molecular weight is 165 g/mol. The van der Waals surface area contributed by atoms with Crippen molar-refractivity contribution in [3.05, 3.63) is 0 Å². The van der Waals surface area contributed by atoms with E-state index >= 15 is 0 Å². The van der Waals surface area contributed by atoms with E-state index in [1.54, 1.807) is 12.8 Å². The number of nitrogens with zero attached hydrogens (tertiary/aromatic N) is 1. The van der Waals surface area contributed by atoms with E-state index in [0.29, 0.717) is 0 Å². The van der Waals surface area contributed by atoms with Gasteiger partial charge in [-0.25, -0.2) is 0 Å². The summed E-state index contributed by atoms with van der Waals surface area (Å²) < 4.78 is 0. The molecule has 12 heavy (non-hydrogen) atoms. The normalized spacial score (nSPS) is 51.2. The summed E-state index contributed by atoms with van der Waals surface area (Å²) in [7, 11) is 0. The van der Waals surface area contributed by atoms with Gasteiger partial charge < -0.3 is 4.90 Å². The predicted molar refractivity (Wildman–Crippen MR) is 50.0 cm³/mol. The second-order valence-electron chi connectivity index (χ2n) is 5.42. The molecule has 0 amide bonds. The van der Waals surface area contributed by atoms with Gasteiger partial charge in [0.1, 0.15) is 0 Å². The van der Waals surface area contributed by atoms with Crippen LogP contribution in [0, 0.1) is 17.3 Å². The van der Waals surface area contributed by atoms with E-state index in [0.717, 1.165) is 23.3 Å².